The maximum absolute atomic E-state index is 12.5. The highest BCUT2D eigenvalue weighted by Gasteiger charge is 2.13. The van der Waals surface area contributed by atoms with Crippen LogP contribution in [0.3, 0.4) is 0 Å². The molecule has 33 heavy (non-hydrogen) atoms. The van der Waals surface area contributed by atoms with Gasteiger partial charge in [-0.2, -0.15) is 0 Å². The first-order chi connectivity index (χ1) is 16.0. The van der Waals surface area contributed by atoms with Gasteiger partial charge in [-0.05, 0) is 30.7 Å². The highest BCUT2D eigenvalue weighted by molar-refractivity contribution is 5.93. The summed E-state index contributed by atoms with van der Waals surface area (Å²) in [5, 5.41) is 2.91. The van der Waals surface area contributed by atoms with E-state index in [1.165, 1.54) is 0 Å². The van der Waals surface area contributed by atoms with E-state index in [0.717, 1.165) is 22.2 Å². The van der Waals surface area contributed by atoms with Gasteiger partial charge in [-0.1, -0.05) is 18.2 Å². The number of aromatic amines is 1. The van der Waals surface area contributed by atoms with Crippen LogP contribution in [0.5, 0.6) is 23.0 Å². The molecule has 3 aromatic carbocycles. The standard InChI is InChI=1S/C25H25N3O5/c1-15-8-9-16(25-27-20-12-22(31-3)23(32-4)13-21(20)28-25)10-19(15)26-24(29)14-33-18-7-5-6-17(11-18)30-2/h5-13H,14H2,1-4H3,(H,26,29)(H,27,28). The number of hydrogen-bond donors (Lipinski definition) is 2. The van der Waals surface area contributed by atoms with Crippen molar-refractivity contribution < 1.29 is 23.7 Å². The summed E-state index contributed by atoms with van der Waals surface area (Å²) in [5.74, 6) is 2.85. The smallest absolute Gasteiger partial charge is 0.262 e. The van der Waals surface area contributed by atoms with E-state index < -0.39 is 0 Å². The van der Waals surface area contributed by atoms with Crippen molar-refractivity contribution in [2.45, 2.75) is 6.92 Å². The fourth-order valence-corrected chi connectivity index (χ4v) is 3.40. The third-order valence-electron chi connectivity index (χ3n) is 5.18. The number of aromatic nitrogens is 2. The molecule has 0 aliphatic carbocycles. The van der Waals surface area contributed by atoms with Gasteiger partial charge in [0.05, 0.1) is 32.4 Å². The lowest BCUT2D eigenvalue weighted by Crippen LogP contribution is -2.20. The Balaban J connectivity index is 1.52. The number of methoxy groups -OCH3 is 3. The van der Waals surface area contributed by atoms with Crippen LogP contribution in [0.4, 0.5) is 5.69 Å². The number of fused-ring (bicyclic) bond motifs is 1. The minimum atomic E-state index is -0.267. The van der Waals surface area contributed by atoms with Crippen LogP contribution in [0.1, 0.15) is 5.56 Å². The molecule has 1 amide bonds. The summed E-state index contributed by atoms with van der Waals surface area (Å²) in [6.07, 6.45) is 0. The Morgan fingerprint density at radius 2 is 1.70 bits per heavy atom. The zero-order valence-electron chi connectivity index (χ0n) is 18.9. The Hall–Kier alpha value is -4.20. The minimum Gasteiger partial charge on any atom is -0.497 e. The molecular formula is C25H25N3O5. The molecule has 1 heterocycles. The number of anilines is 1. The maximum atomic E-state index is 12.5. The molecule has 8 nitrogen and oxygen atoms in total. The summed E-state index contributed by atoms with van der Waals surface area (Å²) >= 11 is 0. The number of rotatable bonds is 8. The molecule has 4 rings (SSSR count). The molecule has 0 saturated carbocycles. The van der Waals surface area contributed by atoms with Crippen LogP contribution < -0.4 is 24.3 Å². The number of carbonyl (C=O) groups excluding carboxylic acids is 1. The van der Waals surface area contributed by atoms with Crippen LogP contribution in [-0.2, 0) is 4.79 Å². The summed E-state index contributed by atoms with van der Waals surface area (Å²) in [6.45, 7) is 1.80. The van der Waals surface area contributed by atoms with Gasteiger partial charge in [0.1, 0.15) is 17.3 Å². The average Bonchev–Trinajstić information content (AvgIpc) is 3.26. The van der Waals surface area contributed by atoms with E-state index in [0.29, 0.717) is 34.5 Å². The highest BCUT2D eigenvalue weighted by Crippen LogP contribution is 2.33. The molecular weight excluding hydrogens is 422 g/mol. The second-order valence-electron chi connectivity index (χ2n) is 7.36. The second kappa shape index (κ2) is 9.52. The van der Waals surface area contributed by atoms with E-state index in [1.807, 2.05) is 43.3 Å². The first-order valence-electron chi connectivity index (χ1n) is 10.3. The van der Waals surface area contributed by atoms with E-state index in [-0.39, 0.29) is 12.5 Å². The first-order valence-corrected chi connectivity index (χ1v) is 10.3. The predicted octanol–water partition coefficient (Wildman–Crippen LogP) is 4.58. The molecule has 1 aromatic heterocycles. The Kier molecular flexibility index (Phi) is 6.35. The maximum Gasteiger partial charge on any atom is 0.262 e. The van der Waals surface area contributed by atoms with Gasteiger partial charge in [-0.3, -0.25) is 4.79 Å². The van der Waals surface area contributed by atoms with E-state index in [9.17, 15) is 4.79 Å². The van der Waals surface area contributed by atoms with Gasteiger partial charge in [0.2, 0.25) is 0 Å². The molecule has 0 aliphatic rings. The van der Waals surface area contributed by atoms with E-state index in [2.05, 4.69) is 15.3 Å². The van der Waals surface area contributed by atoms with Crippen molar-refractivity contribution in [3.05, 3.63) is 60.2 Å². The molecule has 0 radical (unpaired) electrons. The van der Waals surface area contributed by atoms with Gasteiger partial charge in [0, 0.05) is 29.4 Å². The summed E-state index contributed by atoms with van der Waals surface area (Å²) in [7, 11) is 4.76. The van der Waals surface area contributed by atoms with Gasteiger partial charge >= 0.3 is 0 Å². The molecule has 0 unspecified atom stereocenters. The Labute approximate surface area is 191 Å². The van der Waals surface area contributed by atoms with Gasteiger partial charge in [-0.25, -0.2) is 4.98 Å². The third-order valence-corrected chi connectivity index (χ3v) is 5.18. The van der Waals surface area contributed by atoms with Crippen LogP contribution in [-0.4, -0.2) is 43.8 Å². The topological polar surface area (TPSA) is 94.7 Å². The normalized spacial score (nSPS) is 10.7. The highest BCUT2D eigenvalue weighted by atomic mass is 16.5. The van der Waals surface area contributed by atoms with Crippen molar-refractivity contribution in [3.8, 4) is 34.4 Å². The van der Waals surface area contributed by atoms with E-state index in [1.54, 1.807) is 39.5 Å². The number of carbonyl (C=O) groups is 1. The molecule has 0 fully saturated rings. The molecule has 0 atom stereocenters. The third kappa shape index (κ3) is 4.85. The summed E-state index contributed by atoms with van der Waals surface area (Å²) in [6, 6.07) is 16.5. The lowest BCUT2D eigenvalue weighted by Gasteiger charge is -2.11. The number of ether oxygens (including phenoxy) is 4. The molecule has 2 N–H and O–H groups in total. The predicted molar refractivity (Wildman–Crippen MR) is 126 cm³/mol. The first kappa shape index (κ1) is 22.0. The van der Waals surface area contributed by atoms with Gasteiger partial charge in [0.25, 0.3) is 5.91 Å². The van der Waals surface area contributed by atoms with Crippen molar-refractivity contribution in [1.82, 2.24) is 9.97 Å². The molecule has 0 aliphatic heterocycles. The number of amides is 1. The molecule has 170 valence electrons. The van der Waals surface area contributed by atoms with Crippen molar-refractivity contribution in [2.24, 2.45) is 0 Å². The van der Waals surface area contributed by atoms with Gasteiger partial charge in [0.15, 0.2) is 18.1 Å². The van der Waals surface area contributed by atoms with Crippen LogP contribution in [0, 0.1) is 6.92 Å². The summed E-state index contributed by atoms with van der Waals surface area (Å²) in [4.78, 5) is 20.5. The minimum absolute atomic E-state index is 0.124. The van der Waals surface area contributed by atoms with Crippen LogP contribution in [0.25, 0.3) is 22.4 Å². The number of aryl methyl sites for hydroxylation is 1. The number of nitrogens with one attached hydrogen (secondary N) is 2. The quantitative estimate of drug-likeness (QED) is 0.411. The van der Waals surface area contributed by atoms with Gasteiger partial charge in [-0.15, -0.1) is 0 Å². The Morgan fingerprint density at radius 3 is 2.45 bits per heavy atom. The largest absolute Gasteiger partial charge is 0.497 e. The molecule has 0 saturated heterocycles. The fraction of sp³-hybridized carbons (Fsp3) is 0.200. The van der Waals surface area contributed by atoms with Crippen LogP contribution >= 0.6 is 0 Å². The lowest BCUT2D eigenvalue weighted by molar-refractivity contribution is -0.118. The number of imidazole rings is 1. The van der Waals surface area contributed by atoms with Crippen molar-refractivity contribution in [1.29, 1.82) is 0 Å². The van der Waals surface area contributed by atoms with Crippen molar-refractivity contribution in [3.63, 3.8) is 0 Å². The average molecular weight is 447 g/mol. The summed E-state index contributed by atoms with van der Waals surface area (Å²) in [5.41, 5.74) is 4.01. The number of H-pyrrole nitrogens is 1. The second-order valence-corrected chi connectivity index (χ2v) is 7.36. The zero-order chi connectivity index (χ0) is 23.4. The zero-order valence-corrected chi connectivity index (χ0v) is 18.9. The number of nitrogens with zero attached hydrogens (tertiary/aromatic N) is 1. The molecule has 0 bridgehead atoms. The van der Waals surface area contributed by atoms with Crippen molar-refractivity contribution >= 4 is 22.6 Å². The van der Waals surface area contributed by atoms with Crippen LogP contribution in [0.15, 0.2) is 54.6 Å². The molecule has 0 spiro atoms. The van der Waals surface area contributed by atoms with E-state index in [4.69, 9.17) is 18.9 Å². The summed E-state index contributed by atoms with van der Waals surface area (Å²) < 4.78 is 21.5. The number of benzene rings is 3. The Bertz CT molecular complexity index is 1260. The van der Waals surface area contributed by atoms with E-state index >= 15 is 0 Å². The van der Waals surface area contributed by atoms with Crippen LogP contribution in [0.2, 0.25) is 0 Å². The van der Waals surface area contributed by atoms with Gasteiger partial charge < -0.3 is 29.2 Å². The monoisotopic (exact) mass is 447 g/mol. The molecule has 4 aromatic rings. The number of hydrogen-bond acceptors (Lipinski definition) is 6. The fourth-order valence-electron chi connectivity index (χ4n) is 3.40. The van der Waals surface area contributed by atoms with Crippen molar-refractivity contribution in [2.75, 3.05) is 33.3 Å². The Morgan fingerprint density at radius 1 is 0.939 bits per heavy atom. The SMILES string of the molecule is COc1cccc(OCC(=O)Nc2cc(-c3nc4cc(OC)c(OC)cc4[nH]3)ccc2C)c1. The lowest BCUT2D eigenvalue weighted by atomic mass is 10.1. The molecule has 8 heteroatoms.